The number of hydrogen-bond donors (Lipinski definition) is 2. The summed E-state index contributed by atoms with van der Waals surface area (Å²) >= 11 is 0. The molecule has 0 bridgehead atoms. The molecule has 8 heavy (non-hydrogen) atoms. The summed E-state index contributed by atoms with van der Waals surface area (Å²) in [6.45, 7) is 2.22. The second-order valence-corrected chi connectivity index (χ2v) is 2.02. The van der Waals surface area contributed by atoms with E-state index in [1.54, 1.807) is 14.0 Å². The lowest BCUT2D eigenvalue weighted by Crippen LogP contribution is -2.17. The van der Waals surface area contributed by atoms with Crippen LogP contribution in [0.5, 0.6) is 0 Å². The summed E-state index contributed by atoms with van der Waals surface area (Å²) < 4.78 is 0. The minimum atomic E-state index is -0.315. The molecule has 3 nitrogen and oxygen atoms in total. The fraction of sp³-hybridized carbons (Fsp3) is 1.00. The number of aliphatic hydroxyl groups is 1. The monoisotopic (exact) mass is 119 g/mol. The van der Waals surface area contributed by atoms with Gasteiger partial charge in [-0.2, -0.15) is 5.06 Å². The summed E-state index contributed by atoms with van der Waals surface area (Å²) in [7, 11) is 1.56. The van der Waals surface area contributed by atoms with Crippen LogP contribution in [-0.4, -0.2) is 35.1 Å². The van der Waals surface area contributed by atoms with E-state index in [1.165, 1.54) is 0 Å². The molecular formula is C5H13NO2. The Kier molecular flexibility index (Phi) is 3.77. The van der Waals surface area contributed by atoms with Gasteiger partial charge in [0.1, 0.15) is 0 Å². The summed E-state index contributed by atoms with van der Waals surface area (Å²) in [4.78, 5) is 0. The molecule has 50 valence electrons. The molecule has 2 N–H and O–H groups in total. The number of hydrogen-bond acceptors (Lipinski definition) is 3. The molecule has 0 aliphatic rings. The predicted octanol–water partition coefficient (Wildman–Crippen LogP) is 0.0783. The van der Waals surface area contributed by atoms with Crippen molar-refractivity contribution in [3.63, 3.8) is 0 Å². The van der Waals surface area contributed by atoms with Crippen LogP contribution in [0.3, 0.4) is 0 Å². The topological polar surface area (TPSA) is 43.7 Å². The molecule has 0 saturated heterocycles. The fourth-order valence-corrected chi connectivity index (χ4v) is 0.374. The van der Waals surface area contributed by atoms with Crippen molar-refractivity contribution in [1.82, 2.24) is 5.06 Å². The van der Waals surface area contributed by atoms with Crippen LogP contribution in [-0.2, 0) is 0 Å². The number of hydroxylamine groups is 2. The molecule has 0 aromatic heterocycles. The third kappa shape index (κ3) is 5.88. The molecule has 3 heteroatoms. The van der Waals surface area contributed by atoms with Crippen LogP contribution in [0.2, 0.25) is 0 Å². The van der Waals surface area contributed by atoms with Crippen molar-refractivity contribution in [1.29, 1.82) is 0 Å². The van der Waals surface area contributed by atoms with Gasteiger partial charge in [0.2, 0.25) is 0 Å². The van der Waals surface area contributed by atoms with E-state index < -0.39 is 0 Å². The van der Waals surface area contributed by atoms with E-state index >= 15 is 0 Å². The summed E-state index contributed by atoms with van der Waals surface area (Å²) in [6, 6.07) is 0. The van der Waals surface area contributed by atoms with Crippen molar-refractivity contribution in [3.8, 4) is 0 Å². The normalized spacial score (nSPS) is 14.6. The number of rotatable bonds is 3. The summed E-state index contributed by atoms with van der Waals surface area (Å²) in [5, 5.41) is 18.2. The average Bonchev–Trinajstić information content (AvgIpc) is 1.61. The minimum Gasteiger partial charge on any atom is -0.393 e. The van der Waals surface area contributed by atoms with Crippen molar-refractivity contribution in [2.45, 2.75) is 19.4 Å². The Morgan fingerprint density at radius 1 is 1.62 bits per heavy atom. The largest absolute Gasteiger partial charge is 0.393 e. The van der Waals surface area contributed by atoms with Crippen LogP contribution in [0.4, 0.5) is 0 Å². The van der Waals surface area contributed by atoms with E-state index in [9.17, 15) is 0 Å². The van der Waals surface area contributed by atoms with Crippen LogP contribution in [0.15, 0.2) is 0 Å². The Labute approximate surface area is 49.5 Å². The van der Waals surface area contributed by atoms with Crippen LogP contribution >= 0.6 is 0 Å². The first kappa shape index (κ1) is 7.88. The highest BCUT2D eigenvalue weighted by Crippen LogP contribution is 1.88. The van der Waals surface area contributed by atoms with Gasteiger partial charge in [0.25, 0.3) is 0 Å². The molecule has 0 aliphatic heterocycles. The first-order chi connectivity index (χ1) is 3.63. The minimum absolute atomic E-state index is 0.315. The maximum atomic E-state index is 8.66. The summed E-state index contributed by atoms with van der Waals surface area (Å²) in [5.41, 5.74) is 0. The molecular weight excluding hydrogens is 106 g/mol. The first-order valence-corrected chi connectivity index (χ1v) is 2.71. The Morgan fingerprint density at radius 2 is 2.12 bits per heavy atom. The lowest BCUT2D eigenvalue weighted by atomic mass is 10.3. The second-order valence-electron chi connectivity index (χ2n) is 2.02. The number of nitrogens with zero attached hydrogens (tertiary/aromatic N) is 1. The molecule has 0 radical (unpaired) electrons. The SMILES string of the molecule is CC(O)CCN(C)O. The standard InChI is InChI=1S/C5H13NO2/c1-5(7)3-4-6(2)8/h5,7-8H,3-4H2,1-2H3. The molecule has 1 atom stereocenters. The van der Waals surface area contributed by atoms with Gasteiger partial charge < -0.3 is 10.3 Å². The van der Waals surface area contributed by atoms with Crippen LogP contribution < -0.4 is 0 Å². The maximum absolute atomic E-state index is 8.66. The molecule has 0 fully saturated rings. The fourth-order valence-electron chi connectivity index (χ4n) is 0.374. The van der Waals surface area contributed by atoms with Crippen molar-refractivity contribution < 1.29 is 10.3 Å². The Bertz CT molecular complexity index is 46.4. The van der Waals surface area contributed by atoms with Crippen LogP contribution in [0.25, 0.3) is 0 Å². The smallest absolute Gasteiger partial charge is 0.0525 e. The second kappa shape index (κ2) is 3.83. The third-order valence-corrected chi connectivity index (χ3v) is 0.870. The molecule has 0 aromatic carbocycles. The highest BCUT2D eigenvalue weighted by atomic mass is 16.5. The zero-order chi connectivity index (χ0) is 6.57. The van der Waals surface area contributed by atoms with E-state index in [0.717, 1.165) is 5.06 Å². The number of aliphatic hydroxyl groups excluding tert-OH is 1. The van der Waals surface area contributed by atoms with Crippen LogP contribution in [0.1, 0.15) is 13.3 Å². The maximum Gasteiger partial charge on any atom is 0.0525 e. The van der Waals surface area contributed by atoms with Gasteiger partial charge in [-0.3, -0.25) is 0 Å². The van der Waals surface area contributed by atoms with E-state index in [-0.39, 0.29) is 6.10 Å². The van der Waals surface area contributed by atoms with Crippen molar-refractivity contribution in [2.75, 3.05) is 13.6 Å². The van der Waals surface area contributed by atoms with E-state index in [2.05, 4.69) is 0 Å². The van der Waals surface area contributed by atoms with Crippen molar-refractivity contribution in [3.05, 3.63) is 0 Å². The van der Waals surface area contributed by atoms with E-state index in [0.29, 0.717) is 13.0 Å². The predicted molar refractivity (Wildman–Crippen MR) is 30.7 cm³/mol. The van der Waals surface area contributed by atoms with Gasteiger partial charge in [-0.25, -0.2) is 0 Å². The highest BCUT2D eigenvalue weighted by Gasteiger charge is 1.95. The molecule has 0 aromatic rings. The summed E-state index contributed by atoms with van der Waals surface area (Å²) in [5.74, 6) is 0. The van der Waals surface area contributed by atoms with Gasteiger partial charge in [-0.05, 0) is 13.3 Å². The van der Waals surface area contributed by atoms with E-state index in [4.69, 9.17) is 10.3 Å². The Balaban J connectivity index is 2.93. The van der Waals surface area contributed by atoms with Gasteiger partial charge in [0.05, 0.1) is 6.10 Å². The molecule has 0 heterocycles. The van der Waals surface area contributed by atoms with Crippen molar-refractivity contribution in [2.24, 2.45) is 0 Å². The highest BCUT2D eigenvalue weighted by molar-refractivity contribution is 4.46. The first-order valence-electron chi connectivity index (χ1n) is 2.71. The molecule has 0 spiro atoms. The van der Waals surface area contributed by atoms with Gasteiger partial charge in [0, 0.05) is 13.6 Å². The van der Waals surface area contributed by atoms with Gasteiger partial charge in [0.15, 0.2) is 0 Å². The van der Waals surface area contributed by atoms with Crippen LogP contribution in [0, 0.1) is 0 Å². The van der Waals surface area contributed by atoms with Gasteiger partial charge in [-0.15, -0.1) is 0 Å². The van der Waals surface area contributed by atoms with Crippen molar-refractivity contribution >= 4 is 0 Å². The average molecular weight is 119 g/mol. The Hall–Kier alpha value is -0.120. The Morgan fingerprint density at radius 3 is 2.25 bits per heavy atom. The molecule has 0 amide bonds. The zero-order valence-corrected chi connectivity index (χ0v) is 5.33. The quantitative estimate of drug-likeness (QED) is 0.517. The lowest BCUT2D eigenvalue weighted by Gasteiger charge is -2.08. The van der Waals surface area contributed by atoms with E-state index in [1.807, 2.05) is 0 Å². The van der Waals surface area contributed by atoms with Gasteiger partial charge >= 0.3 is 0 Å². The lowest BCUT2D eigenvalue weighted by molar-refractivity contribution is -0.0712. The molecule has 0 aliphatic carbocycles. The van der Waals surface area contributed by atoms with Gasteiger partial charge in [-0.1, -0.05) is 0 Å². The third-order valence-electron chi connectivity index (χ3n) is 0.870. The molecule has 0 saturated carbocycles. The molecule has 1 unspecified atom stereocenters. The summed E-state index contributed by atoms with van der Waals surface area (Å²) in [6.07, 6.45) is 0.303. The zero-order valence-electron chi connectivity index (χ0n) is 5.33. The molecule has 0 rings (SSSR count).